The number of halogens is 1. The van der Waals surface area contributed by atoms with E-state index in [0.29, 0.717) is 10.7 Å². The highest BCUT2D eigenvalue weighted by Gasteiger charge is 2.09. The summed E-state index contributed by atoms with van der Waals surface area (Å²) in [6, 6.07) is 6.53. The molecule has 2 nitrogen and oxygen atoms in total. The minimum Gasteiger partial charge on any atom is -0.366 e. The summed E-state index contributed by atoms with van der Waals surface area (Å²) in [5, 5.41) is 6.26. The van der Waals surface area contributed by atoms with Crippen LogP contribution in [0.15, 0.2) is 24.3 Å². The molecule has 0 aliphatic carbocycles. The molecule has 0 heterocycles. The van der Waals surface area contributed by atoms with Gasteiger partial charge in [0.25, 0.3) is 0 Å². The van der Waals surface area contributed by atoms with Gasteiger partial charge in [0.1, 0.15) is 5.82 Å². The van der Waals surface area contributed by atoms with Gasteiger partial charge in [-0.2, -0.15) is 0 Å². The van der Waals surface area contributed by atoms with Crippen LogP contribution in [0, 0.1) is 5.82 Å². The summed E-state index contributed by atoms with van der Waals surface area (Å²) in [5.74, 6) is -0.216. The Labute approximate surface area is 88.5 Å². The van der Waals surface area contributed by atoms with Crippen LogP contribution in [0.1, 0.15) is 18.5 Å². The lowest BCUT2D eigenvalue weighted by atomic mass is 10.1. The van der Waals surface area contributed by atoms with E-state index in [1.54, 1.807) is 25.2 Å². The van der Waals surface area contributed by atoms with E-state index in [4.69, 9.17) is 12.2 Å². The van der Waals surface area contributed by atoms with Crippen molar-refractivity contribution in [1.82, 2.24) is 10.6 Å². The Bertz CT molecular complexity index is 328. The van der Waals surface area contributed by atoms with Gasteiger partial charge >= 0.3 is 0 Å². The average molecular weight is 212 g/mol. The molecule has 76 valence electrons. The Kier molecular flexibility index (Phi) is 3.83. The van der Waals surface area contributed by atoms with Crippen molar-refractivity contribution in [1.29, 1.82) is 0 Å². The van der Waals surface area contributed by atoms with E-state index >= 15 is 0 Å². The van der Waals surface area contributed by atoms with Gasteiger partial charge in [0.2, 0.25) is 0 Å². The molecule has 0 saturated heterocycles. The molecule has 0 radical (unpaired) electrons. The van der Waals surface area contributed by atoms with Gasteiger partial charge < -0.3 is 10.6 Å². The summed E-state index contributed by atoms with van der Waals surface area (Å²) >= 11 is 4.93. The lowest BCUT2D eigenvalue weighted by Gasteiger charge is -2.16. The summed E-state index contributed by atoms with van der Waals surface area (Å²) in [5.41, 5.74) is 0.616. The van der Waals surface area contributed by atoms with Crippen LogP contribution < -0.4 is 10.6 Å². The lowest BCUT2D eigenvalue weighted by Crippen LogP contribution is -2.34. The first-order valence-electron chi connectivity index (χ1n) is 4.38. The quantitative estimate of drug-likeness (QED) is 0.733. The lowest BCUT2D eigenvalue weighted by molar-refractivity contribution is 0.578. The second-order valence-electron chi connectivity index (χ2n) is 2.97. The van der Waals surface area contributed by atoms with Crippen molar-refractivity contribution in [2.24, 2.45) is 0 Å². The summed E-state index contributed by atoms with van der Waals surface area (Å²) in [7, 11) is 1.73. The van der Waals surface area contributed by atoms with E-state index in [2.05, 4.69) is 10.6 Å². The van der Waals surface area contributed by atoms with Crippen molar-refractivity contribution in [3.05, 3.63) is 35.6 Å². The number of hydrogen-bond donors (Lipinski definition) is 2. The standard InChI is InChI=1S/C10H13FN2S/c1-7(13-10(14)12-2)8-5-3-4-6-9(8)11/h3-7H,1-2H3,(H2,12,13,14). The van der Waals surface area contributed by atoms with Crippen molar-refractivity contribution < 1.29 is 4.39 Å². The fourth-order valence-corrected chi connectivity index (χ4v) is 1.35. The Morgan fingerprint density at radius 3 is 2.64 bits per heavy atom. The minimum absolute atomic E-state index is 0.129. The van der Waals surface area contributed by atoms with Gasteiger partial charge in [0, 0.05) is 12.6 Å². The summed E-state index contributed by atoms with van der Waals surface area (Å²) in [6.45, 7) is 1.86. The van der Waals surface area contributed by atoms with Gasteiger partial charge in [-0.05, 0) is 25.2 Å². The molecule has 0 saturated carbocycles. The van der Waals surface area contributed by atoms with Crippen molar-refractivity contribution in [2.75, 3.05) is 7.05 Å². The molecule has 14 heavy (non-hydrogen) atoms. The molecule has 0 aliphatic heterocycles. The van der Waals surface area contributed by atoms with E-state index in [1.807, 2.05) is 6.92 Å². The SMILES string of the molecule is CNC(=S)NC(C)c1ccccc1F. The van der Waals surface area contributed by atoms with Crippen LogP contribution in [0.5, 0.6) is 0 Å². The number of hydrogen-bond acceptors (Lipinski definition) is 1. The van der Waals surface area contributed by atoms with Crippen LogP contribution in [0.4, 0.5) is 4.39 Å². The minimum atomic E-state index is -0.216. The number of rotatable bonds is 2. The molecule has 1 aromatic rings. The molecule has 0 bridgehead atoms. The third-order valence-corrected chi connectivity index (χ3v) is 2.27. The fourth-order valence-electron chi connectivity index (χ4n) is 1.17. The predicted molar refractivity (Wildman–Crippen MR) is 59.6 cm³/mol. The van der Waals surface area contributed by atoms with Crippen LogP contribution in [-0.2, 0) is 0 Å². The normalized spacial score (nSPS) is 11.9. The largest absolute Gasteiger partial charge is 0.366 e. The summed E-state index contributed by atoms with van der Waals surface area (Å²) in [4.78, 5) is 0. The maximum absolute atomic E-state index is 13.3. The van der Waals surface area contributed by atoms with Gasteiger partial charge in [0.05, 0.1) is 6.04 Å². The Balaban J connectivity index is 2.74. The predicted octanol–water partition coefficient (Wildman–Crippen LogP) is 1.98. The molecule has 2 N–H and O–H groups in total. The van der Waals surface area contributed by atoms with Crippen LogP contribution in [0.2, 0.25) is 0 Å². The van der Waals surface area contributed by atoms with E-state index in [1.165, 1.54) is 6.07 Å². The highest BCUT2D eigenvalue weighted by Crippen LogP contribution is 2.15. The molecule has 1 unspecified atom stereocenters. The zero-order chi connectivity index (χ0) is 10.6. The molecule has 0 aliphatic rings. The number of benzene rings is 1. The first kappa shape index (κ1) is 10.9. The van der Waals surface area contributed by atoms with E-state index in [9.17, 15) is 4.39 Å². The van der Waals surface area contributed by atoms with E-state index in [-0.39, 0.29) is 11.9 Å². The molecule has 0 amide bonds. The maximum Gasteiger partial charge on any atom is 0.166 e. The first-order chi connectivity index (χ1) is 6.65. The Morgan fingerprint density at radius 2 is 2.07 bits per heavy atom. The zero-order valence-electron chi connectivity index (χ0n) is 8.17. The van der Waals surface area contributed by atoms with Gasteiger partial charge in [-0.25, -0.2) is 4.39 Å². The van der Waals surface area contributed by atoms with Crippen molar-refractivity contribution in [3.8, 4) is 0 Å². The van der Waals surface area contributed by atoms with Crippen LogP contribution in [0.25, 0.3) is 0 Å². The van der Waals surface area contributed by atoms with Gasteiger partial charge in [0.15, 0.2) is 5.11 Å². The zero-order valence-corrected chi connectivity index (χ0v) is 8.99. The molecule has 1 rings (SSSR count). The highest BCUT2D eigenvalue weighted by atomic mass is 32.1. The second kappa shape index (κ2) is 4.91. The maximum atomic E-state index is 13.3. The molecule has 0 spiro atoms. The second-order valence-corrected chi connectivity index (χ2v) is 3.37. The molecule has 4 heteroatoms. The smallest absolute Gasteiger partial charge is 0.166 e. The first-order valence-corrected chi connectivity index (χ1v) is 4.78. The van der Waals surface area contributed by atoms with E-state index < -0.39 is 0 Å². The molecule has 1 aromatic carbocycles. The third-order valence-electron chi connectivity index (χ3n) is 1.95. The number of thiocarbonyl (C=S) groups is 1. The van der Waals surface area contributed by atoms with Crippen molar-refractivity contribution >= 4 is 17.3 Å². The van der Waals surface area contributed by atoms with E-state index in [0.717, 1.165) is 0 Å². The van der Waals surface area contributed by atoms with Crippen LogP contribution in [0.3, 0.4) is 0 Å². The molecule has 0 aromatic heterocycles. The summed E-state index contributed by atoms with van der Waals surface area (Å²) < 4.78 is 13.3. The van der Waals surface area contributed by atoms with Gasteiger partial charge in [-0.1, -0.05) is 18.2 Å². The van der Waals surface area contributed by atoms with Crippen LogP contribution in [-0.4, -0.2) is 12.2 Å². The molecule has 0 fully saturated rings. The highest BCUT2D eigenvalue weighted by molar-refractivity contribution is 7.80. The Hall–Kier alpha value is -1.16. The monoisotopic (exact) mass is 212 g/mol. The van der Waals surface area contributed by atoms with Crippen LogP contribution >= 0.6 is 12.2 Å². The van der Waals surface area contributed by atoms with Gasteiger partial charge in [-0.3, -0.25) is 0 Å². The van der Waals surface area contributed by atoms with Crippen molar-refractivity contribution in [3.63, 3.8) is 0 Å². The number of nitrogens with one attached hydrogen (secondary N) is 2. The molecule has 1 atom stereocenters. The molecular formula is C10H13FN2S. The Morgan fingerprint density at radius 1 is 1.43 bits per heavy atom. The summed E-state index contributed by atoms with van der Waals surface area (Å²) in [6.07, 6.45) is 0. The third kappa shape index (κ3) is 2.67. The van der Waals surface area contributed by atoms with Gasteiger partial charge in [-0.15, -0.1) is 0 Å². The average Bonchev–Trinajstić information content (AvgIpc) is 2.18. The fraction of sp³-hybridized carbons (Fsp3) is 0.300. The van der Waals surface area contributed by atoms with Crippen molar-refractivity contribution in [2.45, 2.75) is 13.0 Å². The molecular weight excluding hydrogens is 199 g/mol. The topological polar surface area (TPSA) is 24.1 Å².